The molecule has 2 aromatic heterocycles. The van der Waals surface area contributed by atoms with Crippen LogP contribution in [0.25, 0.3) is 5.69 Å². The smallest absolute Gasteiger partial charge is 0.350 e. The lowest BCUT2D eigenvalue weighted by Gasteiger charge is -2.37. The van der Waals surface area contributed by atoms with Crippen molar-refractivity contribution in [2.75, 3.05) is 49.2 Å². The zero-order valence-corrected chi connectivity index (χ0v) is 30.5. The van der Waals surface area contributed by atoms with Crippen LogP contribution in [0.4, 0.5) is 20.2 Å². The molecule has 11 nitrogen and oxygen atoms in total. The van der Waals surface area contributed by atoms with Gasteiger partial charge in [0.2, 0.25) is 0 Å². The van der Waals surface area contributed by atoms with Crippen molar-refractivity contribution in [1.29, 1.82) is 0 Å². The zero-order chi connectivity index (χ0) is 36.9. The molecule has 2 unspecified atom stereocenters. The fourth-order valence-corrected chi connectivity index (χ4v) is 6.40. The Morgan fingerprint density at radius 1 is 0.808 bits per heavy atom. The molecule has 2 aliphatic heterocycles. The number of anilines is 2. The molecule has 52 heavy (non-hydrogen) atoms. The first kappa shape index (κ1) is 38.2. The minimum Gasteiger partial charge on any atom is -0.493 e. The highest BCUT2D eigenvalue weighted by Gasteiger charge is 2.27. The van der Waals surface area contributed by atoms with Gasteiger partial charge in [-0.1, -0.05) is 33.8 Å². The maximum absolute atomic E-state index is 12.9. The van der Waals surface area contributed by atoms with Gasteiger partial charge in [0.05, 0.1) is 50.0 Å². The number of benzene rings is 3. The lowest BCUT2D eigenvalue weighted by molar-refractivity contribution is 0.0844. The minimum absolute atomic E-state index is 0.0816. The van der Waals surface area contributed by atoms with Crippen LogP contribution < -0.4 is 20.2 Å². The van der Waals surface area contributed by atoms with Crippen LogP contribution in [0.2, 0.25) is 0 Å². The molecule has 0 saturated carbocycles. The second-order valence-corrected chi connectivity index (χ2v) is 12.6. The maximum atomic E-state index is 12.9. The van der Waals surface area contributed by atoms with E-state index in [4.69, 9.17) is 9.47 Å². The van der Waals surface area contributed by atoms with Crippen molar-refractivity contribution in [3.63, 3.8) is 0 Å². The Kier molecular flexibility index (Phi) is 13.9. The summed E-state index contributed by atoms with van der Waals surface area (Å²) in [6.45, 7) is 14.0. The Bertz CT molecular complexity index is 1800. The Hall–Kier alpha value is -5.04. The number of ether oxygens (including phenoxy) is 2. The average molecular weight is 717 g/mol. The standard InChI is InChI=1S/C31H40N8O3.C6H4F2.C2H6/c1-3-25(4-2)39-31(40)37(23-34-39)28-7-5-26(6-8-28)35-15-17-36(18-16-35)27-9-11-29(12-10-27)41-21-24-19-30(42-22-24)20-38-32-13-14-33-38;7-5-2-1-3-6(8)4-5;1-2/h5-14,23-25,30H,3-4,15-22H2,1-2H3;1-4H;1-2H3. The summed E-state index contributed by atoms with van der Waals surface area (Å²) < 4.78 is 39.1. The fourth-order valence-electron chi connectivity index (χ4n) is 6.40. The molecule has 278 valence electrons. The number of aromatic nitrogens is 6. The molecule has 4 heterocycles. The van der Waals surface area contributed by atoms with Crippen molar-refractivity contribution in [2.45, 2.75) is 65.6 Å². The van der Waals surface area contributed by atoms with Crippen LogP contribution in [-0.2, 0) is 11.3 Å². The van der Waals surface area contributed by atoms with Crippen molar-refractivity contribution >= 4 is 11.4 Å². The van der Waals surface area contributed by atoms with E-state index in [1.165, 1.54) is 29.6 Å². The average Bonchev–Trinajstić information content (AvgIpc) is 3.96. The second kappa shape index (κ2) is 19.0. The van der Waals surface area contributed by atoms with Gasteiger partial charge in [0, 0.05) is 49.5 Å². The number of halogens is 2. The summed E-state index contributed by atoms with van der Waals surface area (Å²) in [6, 6.07) is 21.3. The summed E-state index contributed by atoms with van der Waals surface area (Å²) >= 11 is 0. The van der Waals surface area contributed by atoms with Crippen molar-refractivity contribution in [3.05, 3.63) is 114 Å². The van der Waals surface area contributed by atoms with Crippen molar-refractivity contribution in [3.8, 4) is 11.4 Å². The van der Waals surface area contributed by atoms with E-state index in [0.717, 1.165) is 62.9 Å². The third-order valence-electron chi connectivity index (χ3n) is 9.23. The first-order valence-electron chi connectivity index (χ1n) is 18.3. The van der Waals surface area contributed by atoms with E-state index in [2.05, 4.69) is 75.3 Å². The highest BCUT2D eigenvalue weighted by atomic mass is 19.1. The van der Waals surface area contributed by atoms with Gasteiger partial charge in [0.25, 0.3) is 0 Å². The van der Waals surface area contributed by atoms with Crippen LogP contribution >= 0.6 is 0 Å². The SMILES string of the molecule is CC.CCC(CC)n1ncn(-c2ccc(N3CCN(c4ccc(OCC5COC(Cn6nccn6)C5)cc4)CC3)cc2)c1=O.Fc1cccc(F)c1. The monoisotopic (exact) mass is 716 g/mol. The van der Waals surface area contributed by atoms with Gasteiger partial charge in [0.15, 0.2) is 0 Å². The molecular formula is C39H50F2N8O3. The Labute approximate surface area is 304 Å². The van der Waals surface area contributed by atoms with Crippen molar-refractivity contribution in [2.24, 2.45) is 5.92 Å². The lowest BCUT2D eigenvalue weighted by Crippen LogP contribution is -2.46. The van der Waals surface area contributed by atoms with Gasteiger partial charge in [-0.15, -0.1) is 0 Å². The van der Waals surface area contributed by atoms with Crippen molar-refractivity contribution < 1.29 is 18.3 Å². The molecule has 0 amide bonds. The molecule has 13 heteroatoms. The highest BCUT2D eigenvalue weighted by molar-refractivity contribution is 5.54. The summed E-state index contributed by atoms with van der Waals surface area (Å²) in [5.41, 5.74) is 3.14. The molecule has 2 fully saturated rings. The zero-order valence-electron chi connectivity index (χ0n) is 30.5. The number of hydrogen-bond acceptors (Lipinski definition) is 8. The van der Waals surface area contributed by atoms with E-state index in [1.54, 1.807) is 32.8 Å². The molecule has 2 atom stereocenters. The minimum atomic E-state index is -0.537. The number of hydrogen-bond donors (Lipinski definition) is 0. The van der Waals surface area contributed by atoms with Gasteiger partial charge in [-0.2, -0.15) is 20.1 Å². The highest BCUT2D eigenvalue weighted by Crippen LogP contribution is 2.26. The molecule has 2 saturated heterocycles. The van der Waals surface area contributed by atoms with E-state index in [9.17, 15) is 13.6 Å². The number of piperazine rings is 1. The molecule has 2 aliphatic rings. The maximum Gasteiger partial charge on any atom is 0.350 e. The summed E-state index contributed by atoms with van der Waals surface area (Å²) in [5.74, 6) is 0.190. The van der Waals surface area contributed by atoms with Crippen LogP contribution in [0, 0.1) is 17.6 Å². The van der Waals surface area contributed by atoms with E-state index in [-0.39, 0.29) is 17.8 Å². The van der Waals surface area contributed by atoms with Gasteiger partial charge in [-0.25, -0.2) is 22.8 Å². The first-order chi connectivity index (χ1) is 25.4. The summed E-state index contributed by atoms with van der Waals surface area (Å²) in [4.78, 5) is 19.4. The van der Waals surface area contributed by atoms with Gasteiger partial charge in [-0.05, 0) is 79.9 Å². The summed E-state index contributed by atoms with van der Waals surface area (Å²) in [7, 11) is 0. The first-order valence-corrected chi connectivity index (χ1v) is 18.3. The Morgan fingerprint density at radius 3 is 1.90 bits per heavy atom. The van der Waals surface area contributed by atoms with Crippen LogP contribution in [0.1, 0.15) is 53.0 Å². The largest absolute Gasteiger partial charge is 0.493 e. The molecule has 0 spiro atoms. The second-order valence-electron chi connectivity index (χ2n) is 12.6. The van der Waals surface area contributed by atoms with Crippen LogP contribution in [-0.4, -0.2) is 74.8 Å². The number of rotatable bonds is 11. The van der Waals surface area contributed by atoms with Crippen LogP contribution in [0.15, 0.2) is 96.3 Å². The van der Waals surface area contributed by atoms with E-state index in [0.29, 0.717) is 25.7 Å². The number of nitrogens with zero attached hydrogens (tertiary/aromatic N) is 8. The van der Waals surface area contributed by atoms with Gasteiger partial charge < -0.3 is 19.3 Å². The summed E-state index contributed by atoms with van der Waals surface area (Å²) in [6.07, 6.45) is 7.88. The van der Waals surface area contributed by atoms with E-state index in [1.807, 2.05) is 26.0 Å². The Morgan fingerprint density at radius 2 is 1.37 bits per heavy atom. The van der Waals surface area contributed by atoms with Gasteiger partial charge in [0.1, 0.15) is 23.7 Å². The molecule has 0 aliphatic carbocycles. The predicted molar refractivity (Wildman–Crippen MR) is 199 cm³/mol. The Balaban J connectivity index is 0.000000458. The van der Waals surface area contributed by atoms with E-state index >= 15 is 0 Å². The molecule has 0 bridgehead atoms. The van der Waals surface area contributed by atoms with Crippen molar-refractivity contribution in [1.82, 2.24) is 29.3 Å². The molecule has 7 rings (SSSR count). The van der Waals surface area contributed by atoms with Crippen LogP contribution in [0.5, 0.6) is 5.75 Å². The quantitative estimate of drug-likeness (QED) is 0.148. The van der Waals surface area contributed by atoms with Crippen LogP contribution in [0.3, 0.4) is 0 Å². The van der Waals surface area contributed by atoms with Gasteiger partial charge in [-0.3, -0.25) is 0 Å². The topological polar surface area (TPSA) is 95.5 Å². The molecule has 0 N–H and O–H groups in total. The molecule has 5 aromatic rings. The third-order valence-corrected chi connectivity index (χ3v) is 9.23. The molecule has 3 aromatic carbocycles. The fraction of sp³-hybridized carbons (Fsp3) is 0.436. The van der Waals surface area contributed by atoms with Gasteiger partial charge >= 0.3 is 5.69 Å². The predicted octanol–water partition coefficient (Wildman–Crippen LogP) is 6.79. The molecule has 0 radical (unpaired) electrons. The lowest BCUT2D eigenvalue weighted by atomic mass is 10.1. The summed E-state index contributed by atoms with van der Waals surface area (Å²) in [5, 5.41) is 12.7. The van der Waals surface area contributed by atoms with E-state index < -0.39 is 11.6 Å². The molecular weight excluding hydrogens is 666 g/mol. The third kappa shape index (κ3) is 10.1. The normalized spacial score (nSPS) is 17.0.